The average Bonchev–Trinajstić information content (AvgIpc) is 2.78. The number of para-hydroxylation sites is 1. The third kappa shape index (κ3) is 5.95. The fraction of sp³-hybridized carbons (Fsp3) is 0.167. The maximum absolute atomic E-state index is 14.5. The Kier molecular flexibility index (Phi) is 7.44. The maximum atomic E-state index is 14.5. The van der Waals surface area contributed by atoms with Crippen LogP contribution in [0.1, 0.15) is 11.1 Å². The van der Waals surface area contributed by atoms with E-state index in [2.05, 4.69) is 10.5 Å². The Labute approximate surface area is 193 Å². The highest BCUT2D eigenvalue weighted by molar-refractivity contribution is 7.92. The number of aryl methyl sites for hydroxylation is 1. The zero-order chi connectivity index (χ0) is 24.0. The molecule has 0 bridgehead atoms. The minimum atomic E-state index is -4.20. The molecule has 0 aliphatic heterocycles. The van der Waals surface area contributed by atoms with E-state index >= 15 is 0 Å². The van der Waals surface area contributed by atoms with Crippen molar-refractivity contribution < 1.29 is 17.6 Å². The first-order valence-corrected chi connectivity index (χ1v) is 11.6. The van der Waals surface area contributed by atoms with Gasteiger partial charge >= 0.3 is 0 Å². The van der Waals surface area contributed by atoms with Gasteiger partial charge in [-0.05, 0) is 48.9 Å². The van der Waals surface area contributed by atoms with Crippen LogP contribution in [0.5, 0.6) is 0 Å². The second kappa shape index (κ2) is 10.3. The predicted octanol–water partition coefficient (Wildman–Crippen LogP) is 3.55. The number of benzene rings is 3. The van der Waals surface area contributed by atoms with E-state index in [0.717, 1.165) is 27.2 Å². The van der Waals surface area contributed by atoms with Crippen molar-refractivity contribution in [1.29, 1.82) is 0 Å². The van der Waals surface area contributed by atoms with Crippen molar-refractivity contribution in [3.63, 3.8) is 0 Å². The van der Waals surface area contributed by atoms with Crippen molar-refractivity contribution >= 4 is 33.5 Å². The molecule has 0 atom stereocenters. The highest BCUT2D eigenvalue weighted by Crippen LogP contribution is 2.26. The number of hydrogen-bond acceptors (Lipinski definition) is 5. The lowest BCUT2D eigenvalue weighted by Crippen LogP contribution is -2.40. The lowest BCUT2D eigenvalue weighted by atomic mass is 10.2. The first-order valence-electron chi connectivity index (χ1n) is 10.1. The second-order valence-electron chi connectivity index (χ2n) is 7.56. The predicted molar refractivity (Wildman–Crippen MR) is 129 cm³/mol. The molecule has 0 aliphatic rings. The SMILES string of the molecule is Cc1ccc(S(=O)(=O)N(CC(=O)N/N=C\c2ccc(N(C)C)cc2)c2ccccc2F)cc1. The summed E-state index contributed by atoms with van der Waals surface area (Å²) in [5.74, 6) is -1.47. The molecule has 0 saturated heterocycles. The van der Waals surface area contributed by atoms with Crippen LogP contribution in [0.2, 0.25) is 0 Å². The monoisotopic (exact) mass is 468 g/mol. The molecule has 0 radical (unpaired) electrons. The van der Waals surface area contributed by atoms with E-state index in [1.54, 1.807) is 12.1 Å². The third-order valence-corrected chi connectivity index (χ3v) is 6.60. The van der Waals surface area contributed by atoms with Gasteiger partial charge in [-0.15, -0.1) is 0 Å². The molecule has 172 valence electrons. The van der Waals surface area contributed by atoms with Gasteiger partial charge in [-0.3, -0.25) is 9.10 Å². The van der Waals surface area contributed by atoms with Crippen LogP contribution in [0.4, 0.5) is 15.8 Å². The Morgan fingerprint density at radius 2 is 1.64 bits per heavy atom. The van der Waals surface area contributed by atoms with Gasteiger partial charge in [-0.2, -0.15) is 5.10 Å². The Bertz CT molecular complexity index is 1240. The van der Waals surface area contributed by atoms with Gasteiger partial charge in [0, 0.05) is 19.8 Å². The number of nitrogens with zero attached hydrogens (tertiary/aromatic N) is 3. The molecule has 3 rings (SSSR count). The molecule has 1 amide bonds. The lowest BCUT2D eigenvalue weighted by Gasteiger charge is -2.24. The highest BCUT2D eigenvalue weighted by atomic mass is 32.2. The number of hydrogen-bond donors (Lipinski definition) is 1. The molecule has 0 heterocycles. The number of amides is 1. The molecule has 0 aliphatic carbocycles. The number of carbonyl (C=O) groups excluding carboxylic acids is 1. The molecule has 3 aromatic rings. The molecular weight excluding hydrogens is 443 g/mol. The van der Waals surface area contributed by atoms with Crippen molar-refractivity contribution in [2.24, 2.45) is 5.10 Å². The summed E-state index contributed by atoms with van der Waals surface area (Å²) in [6.07, 6.45) is 1.44. The number of anilines is 2. The summed E-state index contributed by atoms with van der Waals surface area (Å²) in [5.41, 5.74) is 4.72. The van der Waals surface area contributed by atoms with Crippen LogP contribution < -0.4 is 14.6 Å². The molecule has 1 N–H and O–H groups in total. The number of sulfonamides is 1. The van der Waals surface area contributed by atoms with Gasteiger partial charge in [0.05, 0.1) is 16.8 Å². The normalized spacial score (nSPS) is 11.4. The topological polar surface area (TPSA) is 82.1 Å². The van der Waals surface area contributed by atoms with Crippen molar-refractivity contribution in [3.05, 3.63) is 89.7 Å². The van der Waals surface area contributed by atoms with Gasteiger partial charge in [-0.1, -0.05) is 42.0 Å². The molecule has 7 nitrogen and oxygen atoms in total. The summed E-state index contributed by atoms with van der Waals surface area (Å²) in [4.78, 5) is 14.4. The Morgan fingerprint density at radius 1 is 1.00 bits per heavy atom. The van der Waals surface area contributed by atoms with Crippen molar-refractivity contribution in [2.75, 3.05) is 29.8 Å². The fourth-order valence-electron chi connectivity index (χ4n) is 2.99. The summed E-state index contributed by atoms with van der Waals surface area (Å²) in [6.45, 7) is 1.18. The largest absolute Gasteiger partial charge is 0.378 e. The Morgan fingerprint density at radius 3 is 2.24 bits per heavy atom. The van der Waals surface area contributed by atoms with E-state index < -0.39 is 28.3 Å². The van der Waals surface area contributed by atoms with Gasteiger partial charge in [0.25, 0.3) is 15.9 Å². The van der Waals surface area contributed by atoms with E-state index in [0.29, 0.717) is 0 Å². The molecule has 0 spiro atoms. The smallest absolute Gasteiger partial charge is 0.264 e. The molecular formula is C24H25FN4O3S. The molecule has 33 heavy (non-hydrogen) atoms. The van der Waals surface area contributed by atoms with E-state index in [4.69, 9.17) is 0 Å². The lowest BCUT2D eigenvalue weighted by molar-refractivity contribution is -0.119. The summed E-state index contributed by atoms with van der Waals surface area (Å²) in [5, 5.41) is 3.90. The number of hydrazone groups is 1. The first kappa shape index (κ1) is 23.9. The maximum Gasteiger partial charge on any atom is 0.264 e. The van der Waals surface area contributed by atoms with Gasteiger partial charge in [0.2, 0.25) is 0 Å². The number of rotatable bonds is 8. The van der Waals surface area contributed by atoms with Gasteiger partial charge in [0.15, 0.2) is 0 Å². The second-order valence-corrected chi connectivity index (χ2v) is 9.42. The van der Waals surface area contributed by atoms with Crippen LogP contribution in [0.15, 0.2) is 82.8 Å². The Balaban J connectivity index is 1.81. The highest BCUT2D eigenvalue weighted by Gasteiger charge is 2.29. The molecule has 0 saturated carbocycles. The summed E-state index contributed by atoms with van der Waals surface area (Å²) in [6, 6.07) is 19.0. The summed E-state index contributed by atoms with van der Waals surface area (Å²) in [7, 11) is -0.351. The van der Waals surface area contributed by atoms with E-state index in [1.807, 2.05) is 50.2 Å². The fourth-order valence-corrected chi connectivity index (χ4v) is 4.42. The van der Waals surface area contributed by atoms with Gasteiger partial charge in [-0.25, -0.2) is 18.2 Å². The zero-order valence-corrected chi connectivity index (χ0v) is 19.4. The van der Waals surface area contributed by atoms with Crippen molar-refractivity contribution in [2.45, 2.75) is 11.8 Å². The minimum absolute atomic E-state index is 0.0476. The van der Waals surface area contributed by atoms with Crippen LogP contribution in [0.25, 0.3) is 0 Å². The van der Waals surface area contributed by atoms with E-state index in [1.165, 1.54) is 36.5 Å². The molecule has 0 aromatic heterocycles. The van der Waals surface area contributed by atoms with Crippen LogP contribution in [0, 0.1) is 12.7 Å². The van der Waals surface area contributed by atoms with Crippen LogP contribution >= 0.6 is 0 Å². The number of carbonyl (C=O) groups is 1. The van der Waals surface area contributed by atoms with Crippen LogP contribution in [-0.2, 0) is 14.8 Å². The average molecular weight is 469 g/mol. The number of nitrogens with one attached hydrogen (secondary N) is 1. The van der Waals surface area contributed by atoms with Crippen molar-refractivity contribution in [3.8, 4) is 0 Å². The molecule has 9 heteroatoms. The standard InChI is InChI=1S/C24H25FN4O3S/c1-18-8-14-21(15-9-18)33(31,32)29(23-7-5-4-6-22(23)25)17-24(30)27-26-16-19-10-12-20(13-11-19)28(2)3/h4-16H,17H2,1-3H3,(H,27,30)/b26-16-. The summed E-state index contributed by atoms with van der Waals surface area (Å²) >= 11 is 0. The first-order chi connectivity index (χ1) is 15.7. The molecule has 3 aromatic carbocycles. The quantitative estimate of drug-likeness (QED) is 0.405. The van der Waals surface area contributed by atoms with E-state index in [9.17, 15) is 17.6 Å². The van der Waals surface area contributed by atoms with Crippen molar-refractivity contribution in [1.82, 2.24) is 5.43 Å². The Hall–Kier alpha value is -3.72. The van der Waals surface area contributed by atoms with Gasteiger partial charge in [0.1, 0.15) is 12.4 Å². The third-order valence-electron chi connectivity index (χ3n) is 4.83. The summed E-state index contributed by atoms with van der Waals surface area (Å²) < 4.78 is 41.7. The van der Waals surface area contributed by atoms with E-state index in [-0.39, 0.29) is 10.6 Å². The van der Waals surface area contributed by atoms with Crippen LogP contribution in [0.3, 0.4) is 0 Å². The number of halogens is 1. The van der Waals surface area contributed by atoms with Crippen LogP contribution in [-0.4, -0.2) is 41.2 Å². The van der Waals surface area contributed by atoms with Gasteiger partial charge < -0.3 is 4.90 Å². The molecule has 0 unspecified atom stereocenters. The minimum Gasteiger partial charge on any atom is -0.378 e. The zero-order valence-electron chi connectivity index (χ0n) is 18.6. The molecule has 0 fully saturated rings.